The highest BCUT2D eigenvalue weighted by molar-refractivity contribution is 6.22. The van der Waals surface area contributed by atoms with Crippen molar-refractivity contribution in [2.75, 3.05) is 18.5 Å². The van der Waals surface area contributed by atoms with Crippen LogP contribution in [0.25, 0.3) is 0 Å². The first-order valence-corrected chi connectivity index (χ1v) is 8.65. The molecule has 154 valence electrons. The molecule has 0 atom stereocenters. The number of nitrogens with zero attached hydrogens (tertiary/aromatic N) is 2. The van der Waals surface area contributed by atoms with Gasteiger partial charge in [-0.2, -0.15) is 0 Å². The van der Waals surface area contributed by atoms with Gasteiger partial charge < -0.3 is 15.2 Å². The Labute approximate surface area is 169 Å². The Kier molecular flexibility index (Phi) is 5.72. The Morgan fingerprint density at radius 3 is 2.53 bits per heavy atom. The van der Waals surface area contributed by atoms with Crippen LogP contribution in [0.4, 0.5) is 11.4 Å². The van der Waals surface area contributed by atoms with Gasteiger partial charge >= 0.3 is 5.97 Å². The van der Waals surface area contributed by atoms with E-state index in [2.05, 4.69) is 5.32 Å². The summed E-state index contributed by atoms with van der Waals surface area (Å²) in [6, 6.07) is 9.47. The van der Waals surface area contributed by atoms with Crippen molar-refractivity contribution in [3.63, 3.8) is 0 Å². The molecule has 2 N–H and O–H groups in total. The highest BCUT2D eigenvalue weighted by atomic mass is 16.6. The Hall–Kier alpha value is -4.28. The predicted octanol–water partition coefficient (Wildman–Crippen LogP) is 1.68. The third-order valence-electron chi connectivity index (χ3n) is 4.20. The van der Waals surface area contributed by atoms with Crippen LogP contribution in [-0.2, 0) is 9.59 Å². The molecule has 3 rings (SSSR count). The number of anilines is 1. The van der Waals surface area contributed by atoms with E-state index >= 15 is 0 Å². The molecule has 0 fully saturated rings. The summed E-state index contributed by atoms with van der Waals surface area (Å²) in [5.74, 6) is -2.81. The predicted molar refractivity (Wildman–Crippen MR) is 101 cm³/mol. The third kappa shape index (κ3) is 4.41. The zero-order chi connectivity index (χ0) is 21.8. The molecular weight excluding hydrogens is 398 g/mol. The number of non-ortho nitro benzene ring substituents is 1. The first-order chi connectivity index (χ1) is 14.3. The second-order valence-electron chi connectivity index (χ2n) is 6.26. The number of nitro groups is 1. The molecule has 3 amide bonds. The highest BCUT2D eigenvalue weighted by Crippen LogP contribution is 2.26. The fraction of sp³-hybridized carbons (Fsp3) is 0.158. The number of nitro benzene ring substituents is 1. The summed E-state index contributed by atoms with van der Waals surface area (Å²) < 4.78 is 5.23. The second kappa shape index (κ2) is 8.39. The van der Waals surface area contributed by atoms with Crippen LogP contribution in [0.2, 0.25) is 0 Å². The van der Waals surface area contributed by atoms with Gasteiger partial charge in [-0.15, -0.1) is 0 Å². The van der Waals surface area contributed by atoms with E-state index in [1.807, 2.05) is 0 Å². The average molecular weight is 413 g/mol. The number of imide groups is 1. The van der Waals surface area contributed by atoms with Gasteiger partial charge in [-0.05, 0) is 24.3 Å². The SMILES string of the molecule is O=C(O)CCN1C(=O)c2ccc(NC(=O)COc3cccc([N+](=O)[O-])c3)cc2C1=O. The monoisotopic (exact) mass is 413 g/mol. The lowest BCUT2D eigenvalue weighted by atomic mass is 10.1. The highest BCUT2D eigenvalue weighted by Gasteiger charge is 2.35. The van der Waals surface area contributed by atoms with Gasteiger partial charge in [-0.3, -0.25) is 34.2 Å². The Bertz CT molecular complexity index is 1070. The number of carboxylic acids is 1. The molecule has 0 bridgehead atoms. The van der Waals surface area contributed by atoms with Crippen LogP contribution in [0.3, 0.4) is 0 Å². The standard InChI is InChI=1S/C19H15N3O8/c23-16(10-30-13-3-1-2-12(9-13)22(28)29)20-11-4-5-14-15(8-11)19(27)21(18(14)26)7-6-17(24)25/h1-5,8-9H,6-7,10H2,(H,20,23)(H,24,25). The number of carbonyl (C=O) groups excluding carboxylic acids is 3. The fourth-order valence-corrected chi connectivity index (χ4v) is 2.81. The van der Waals surface area contributed by atoms with E-state index in [1.54, 1.807) is 0 Å². The number of amides is 3. The van der Waals surface area contributed by atoms with Crippen LogP contribution in [0, 0.1) is 10.1 Å². The van der Waals surface area contributed by atoms with Crippen LogP contribution in [0.5, 0.6) is 5.75 Å². The molecule has 0 spiro atoms. The molecular formula is C19H15N3O8. The van der Waals surface area contributed by atoms with Gasteiger partial charge in [0.15, 0.2) is 6.61 Å². The zero-order valence-electron chi connectivity index (χ0n) is 15.4. The van der Waals surface area contributed by atoms with E-state index < -0.39 is 35.2 Å². The number of aliphatic carboxylic acids is 1. The fourth-order valence-electron chi connectivity index (χ4n) is 2.81. The lowest BCUT2D eigenvalue weighted by Crippen LogP contribution is -2.31. The molecule has 1 heterocycles. The Balaban J connectivity index is 1.63. The quantitative estimate of drug-likeness (QED) is 0.376. The van der Waals surface area contributed by atoms with E-state index in [9.17, 15) is 29.3 Å². The molecule has 1 aliphatic heterocycles. The number of carbonyl (C=O) groups is 4. The minimum absolute atomic E-state index is 0.0581. The summed E-state index contributed by atoms with van der Waals surface area (Å²) >= 11 is 0. The second-order valence-corrected chi connectivity index (χ2v) is 6.26. The van der Waals surface area contributed by atoms with Crippen LogP contribution >= 0.6 is 0 Å². The third-order valence-corrected chi connectivity index (χ3v) is 4.20. The number of fused-ring (bicyclic) bond motifs is 1. The number of hydrogen-bond donors (Lipinski definition) is 2. The lowest BCUT2D eigenvalue weighted by Gasteiger charge is -2.11. The van der Waals surface area contributed by atoms with Crippen molar-refractivity contribution in [2.45, 2.75) is 6.42 Å². The summed E-state index contributed by atoms with van der Waals surface area (Å²) in [4.78, 5) is 58.4. The van der Waals surface area contributed by atoms with Gasteiger partial charge in [0.05, 0.1) is 28.5 Å². The summed E-state index contributed by atoms with van der Waals surface area (Å²) in [7, 11) is 0. The van der Waals surface area contributed by atoms with Gasteiger partial charge in [0, 0.05) is 18.3 Å². The maximum absolute atomic E-state index is 12.4. The van der Waals surface area contributed by atoms with E-state index in [1.165, 1.54) is 42.5 Å². The molecule has 0 unspecified atom stereocenters. The largest absolute Gasteiger partial charge is 0.484 e. The van der Waals surface area contributed by atoms with Gasteiger partial charge in [0.2, 0.25) is 0 Å². The van der Waals surface area contributed by atoms with E-state index in [4.69, 9.17) is 9.84 Å². The Morgan fingerprint density at radius 2 is 1.83 bits per heavy atom. The average Bonchev–Trinajstić information content (AvgIpc) is 2.94. The summed E-state index contributed by atoms with van der Waals surface area (Å²) in [6.07, 6.45) is -0.371. The van der Waals surface area contributed by atoms with Crippen molar-refractivity contribution in [2.24, 2.45) is 0 Å². The number of ether oxygens (including phenoxy) is 1. The first-order valence-electron chi connectivity index (χ1n) is 8.65. The van der Waals surface area contributed by atoms with Crippen molar-refractivity contribution in [1.82, 2.24) is 4.90 Å². The Morgan fingerprint density at radius 1 is 1.10 bits per heavy atom. The minimum atomic E-state index is -1.14. The maximum atomic E-state index is 12.4. The van der Waals surface area contributed by atoms with E-state index in [0.717, 1.165) is 4.90 Å². The molecule has 0 radical (unpaired) electrons. The molecule has 2 aromatic carbocycles. The summed E-state index contributed by atoms with van der Waals surface area (Å²) in [5.41, 5.74) is 0.240. The van der Waals surface area contributed by atoms with Gasteiger partial charge in [-0.1, -0.05) is 6.07 Å². The topological polar surface area (TPSA) is 156 Å². The molecule has 0 saturated heterocycles. The molecule has 11 nitrogen and oxygen atoms in total. The van der Waals surface area contributed by atoms with Crippen molar-refractivity contribution < 1.29 is 33.9 Å². The van der Waals surface area contributed by atoms with Crippen LogP contribution in [-0.4, -0.2) is 51.8 Å². The molecule has 2 aromatic rings. The maximum Gasteiger partial charge on any atom is 0.305 e. The smallest absolute Gasteiger partial charge is 0.305 e. The number of benzene rings is 2. The van der Waals surface area contributed by atoms with Gasteiger partial charge in [-0.25, -0.2) is 0 Å². The van der Waals surface area contributed by atoms with Crippen molar-refractivity contribution in [3.05, 3.63) is 63.7 Å². The molecule has 0 saturated carbocycles. The zero-order valence-corrected chi connectivity index (χ0v) is 15.4. The van der Waals surface area contributed by atoms with E-state index in [-0.39, 0.29) is 41.2 Å². The number of nitrogens with one attached hydrogen (secondary N) is 1. The van der Waals surface area contributed by atoms with E-state index in [0.29, 0.717) is 0 Å². The van der Waals surface area contributed by atoms with Crippen molar-refractivity contribution in [3.8, 4) is 5.75 Å². The van der Waals surface area contributed by atoms with Crippen LogP contribution in [0.1, 0.15) is 27.1 Å². The molecule has 0 aromatic heterocycles. The van der Waals surface area contributed by atoms with Gasteiger partial charge in [0.25, 0.3) is 23.4 Å². The number of rotatable bonds is 8. The van der Waals surface area contributed by atoms with Crippen molar-refractivity contribution in [1.29, 1.82) is 0 Å². The normalized spacial score (nSPS) is 12.5. The number of carboxylic acid groups (broad SMARTS) is 1. The first kappa shape index (κ1) is 20.5. The van der Waals surface area contributed by atoms with Gasteiger partial charge in [0.1, 0.15) is 5.75 Å². The summed E-state index contributed by atoms with van der Waals surface area (Å²) in [5, 5.41) is 22.0. The number of hydrogen-bond acceptors (Lipinski definition) is 7. The lowest BCUT2D eigenvalue weighted by molar-refractivity contribution is -0.384. The molecule has 1 aliphatic rings. The van der Waals surface area contributed by atoms with Crippen LogP contribution in [0.15, 0.2) is 42.5 Å². The van der Waals surface area contributed by atoms with Crippen molar-refractivity contribution >= 4 is 35.1 Å². The minimum Gasteiger partial charge on any atom is -0.484 e. The van der Waals surface area contributed by atoms with Crippen LogP contribution < -0.4 is 10.1 Å². The molecule has 30 heavy (non-hydrogen) atoms. The summed E-state index contributed by atoms with van der Waals surface area (Å²) in [6.45, 7) is -0.684. The molecule has 11 heteroatoms. The molecule has 0 aliphatic carbocycles.